The number of rotatable bonds is 4. The minimum absolute atomic E-state index is 0.290. The molecule has 3 unspecified atom stereocenters. The number of aliphatic carboxylic acids is 1. The summed E-state index contributed by atoms with van der Waals surface area (Å²) in [7, 11) is 0. The van der Waals surface area contributed by atoms with Crippen LogP contribution in [0.15, 0.2) is 0 Å². The second-order valence-electron chi connectivity index (χ2n) is 5.97. The van der Waals surface area contributed by atoms with Gasteiger partial charge in [-0.15, -0.1) is 0 Å². The lowest BCUT2D eigenvalue weighted by molar-refractivity contribution is -0.137. The summed E-state index contributed by atoms with van der Waals surface area (Å²) in [5, 5.41) is 8.79. The molecule has 104 valence electrons. The molecular formula is C14H26N2O2. The summed E-state index contributed by atoms with van der Waals surface area (Å²) in [6, 6.07) is 1.66. The average Bonchev–Trinajstić information content (AvgIpc) is 2.35. The Morgan fingerprint density at radius 2 is 2.17 bits per heavy atom. The molecule has 0 aliphatic carbocycles. The normalized spacial score (nSPS) is 31.9. The third kappa shape index (κ3) is 3.23. The highest BCUT2D eigenvalue weighted by molar-refractivity contribution is 5.66. The minimum atomic E-state index is -0.675. The summed E-state index contributed by atoms with van der Waals surface area (Å²) in [5.74, 6) is -0.675. The minimum Gasteiger partial charge on any atom is -0.481 e. The average molecular weight is 254 g/mol. The largest absolute Gasteiger partial charge is 0.481 e. The van der Waals surface area contributed by atoms with Gasteiger partial charge in [-0.25, -0.2) is 0 Å². The Hall–Kier alpha value is -0.610. The van der Waals surface area contributed by atoms with E-state index in [1.807, 2.05) is 0 Å². The fourth-order valence-electron chi connectivity index (χ4n) is 3.49. The van der Waals surface area contributed by atoms with Crippen LogP contribution < -0.4 is 0 Å². The quantitative estimate of drug-likeness (QED) is 0.831. The highest BCUT2D eigenvalue weighted by Crippen LogP contribution is 2.26. The van der Waals surface area contributed by atoms with Gasteiger partial charge in [0.1, 0.15) is 0 Å². The molecule has 2 aliphatic rings. The van der Waals surface area contributed by atoms with Crippen molar-refractivity contribution in [3.05, 3.63) is 0 Å². The first-order valence-corrected chi connectivity index (χ1v) is 7.29. The molecule has 2 aliphatic heterocycles. The molecule has 0 aromatic carbocycles. The van der Waals surface area contributed by atoms with Gasteiger partial charge in [0.25, 0.3) is 0 Å². The number of carbonyl (C=O) groups is 1. The van der Waals surface area contributed by atoms with Crippen LogP contribution in [0.3, 0.4) is 0 Å². The van der Waals surface area contributed by atoms with E-state index >= 15 is 0 Å². The summed E-state index contributed by atoms with van der Waals surface area (Å²) in [6.45, 7) is 8.00. The predicted molar refractivity (Wildman–Crippen MR) is 71.7 cm³/mol. The van der Waals surface area contributed by atoms with Crippen LogP contribution in [0.25, 0.3) is 0 Å². The van der Waals surface area contributed by atoms with Crippen molar-refractivity contribution in [3.8, 4) is 0 Å². The number of piperidine rings is 1. The number of hydrogen-bond donors (Lipinski definition) is 1. The van der Waals surface area contributed by atoms with Crippen molar-refractivity contribution in [2.24, 2.45) is 0 Å². The first kappa shape index (κ1) is 13.8. The van der Waals surface area contributed by atoms with Crippen molar-refractivity contribution in [1.82, 2.24) is 9.80 Å². The van der Waals surface area contributed by atoms with E-state index in [1.54, 1.807) is 0 Å². The maximum absolute atomic E-state index is 10.7. The molecule has 2 rings (SSSR count). The molecule has 0 saturated carbocycles. The molecule has 2 saturated heterocycles. The van der Waals surface area contributed by atoms with Gasteiger partial charge in [-0.05, 0) is 39.7 Å². The molecule has 0 amide bonds. The highest BCUT2D eigenvalue weighted by Gasteiger charge is 2.34. The second kappa shape index (κ2) is 6.02. The number of fused-ring (bicyclic) bond motifs is 1. The fourth-order valence-corrected chi connectivity index (χ4v) is 3.49. The van der Waals surface area contributed by atoms with E-state index in [0.29, 0.717) is 24.5 Å². The van der Waals surface area contributed by atoms with Crippen molar-refractivity contribution in [2.45, 2.75) is 64.1 Å². The van der Waals surface area contributed by atoms with E-state index in [1.165, 1.54) is 25.8 Å². The molecule has 0 radical (unpaired) electrons. The number of piperazine rings is 1. The van der Waals surface area contributed by atoms with Crippen molar-refractivity contribution in [3.63, 3.8) is 0 Å². The fraction of sp³-hybridized carbons (Fsp3) is 0.929. The lowest BCUT2D eigenvalue weighted by atomic mass is 9.95. The molecule has 0 aromatic rings. The number of carboxylic acid groups (broad SMARTS) is 1. The van der Waals surface area contributed by atoms with Gasteiger partial charge in [0.15, 0.2) is 0 Å². The van der Waals surface area contributed by atoms with Crippen LogP contribution in [0.4, 0.5) is 0 Å². The zero-order valence-corrected chi connectivity index (χ0v) is 11.6. The second-order valence-corrected chi connectivity index (χ2v) is 5.97. The van der Waals surface area contributed by atoms with E-state index in [4.69, 9.17) is 5.11 Å². The number of carboxylic acids is 1. The van der Waals surface area contributed by atoms with Crippen LogP contribution in [-0.4, -0.2) is 58.6 Å². The van der Waals surface area contributed by atoms with Gasteiger partial charge in [-0.2, -0.15) is 0 Å². The van der Waals surface area contributed by atoms with Crippen molar-refractivity contribution < 1.29 is 9.90 Å². The van der Waals surface area contributed by atoms with Crippen molar-refractivity contribution in [2.75, 3.05) is 19.6 Å². The lowest BCUT2D eigenvalue weighted by Crippen LogP contribution is -2.60. The molecule has 4 heteroatoms. The zero-order chi connectivity index (χ0) is 13.1. The van der Waals surface area contributed by atoms with Gasteiger partial charge in [0, 0.05) is 37.6 Å². The van der Waals surface area contributed by atoms with Gasteiger partial charge in [-0.1, -0.05) is 6.42 Å². The number of nitrogens with zero attached hydrogens (tertiary/aromatic N) is 2. The van der Waals surface area contributed by atoms with Crippen LogP contribution in [0.1, 0.15) is 46.0 Å². The zero-order valence-electron chi connectivity index (χ0n) is 11.6. The van der Waals surface area contributed by atoms with Crippen LogP contribution in [0.5, 0.6) is 0 Å². The highest BCUT2D eigenvalue weighted by atomic mass is 16.4. The molecule has 2 heterocycles. The predicted octanol–water partition coefficient (Wildman–Crippen LogP) is 1.80. The Morgan fingerprint density at radius 3 is 2.89 bits per heavy atom. The summed E-state index contributed by atoms with van der Waals surface area (Å²) in [4.78, 5) is 15.8. The topological polar surface area (TPSA) is 43.8 Å². The van der Waals surface area contributed by atoms with Crippen molar-refractivity contribution >= 4 is 5.97 Å². The molecule has 3 atom stereocenters. The lowest BCUT2D eigenvalue weighted by Gasteiger charge is -2.49. The van der Waals surface area contributed by atoms with Crippen LogP contribution >= 0.6 is 0 Å². The number of hydrogen-bond acceptors (Lipinski definition) is 3. The van der Waals surface area contributed by atoms with E-state index in [0.717, 1.165) is 19.5 Å². The monoisotopic (exact) mass is 254 g/mol. The summed E-state index contributed by atoms with van der Waals surface area (Å²) in [5.41, 5.74) is 0. The van der Waals surface area contributed by atoms with Gasteiger partial charge < -0.3 is 5.11 Å². The van der Waals surface area contributed by atoms with Crippen LogP contribution in [0, 0.1) is 0 Å². The van der Waals surface area contributed by atoms with Gasteiger partial charge in [-0.3, -0.25) is 14.6 Å². The third-order valence-corrected chi connectivity index (χ3v) is 4.58. The van der Waals surface area contributed by atoms with Gasteiger partial charge >= 0.3 is 5.97 Å². The summed E-state index contributed by atoms with van der Waals surface area (Å²) in [6.07, 6.45) is 5.07. The molecule has 0 bridgehead atoms. The molecule has 18 heavy (non-hydrogen) atoms. The molecule has 0 aromatic heterocycles. The van der Waals surface area contributed by atoms with E-state index in [9.17, 15) is 4.79 Å². The van der Waals surface area contributed by atoms with Crippen molar-refractivity contribution in [1.29, 1.82) is 0 Å². The van der Waals surface area contributed by atoms with Gasteiger partial charge in [0.05, 0.1) is 0 Å². The Balaban J connectivity index is 1.89. The molecule has 0 spiro atoms. The smallest absolute Gasteiger partial charge is 0.303 e. The third-order valence-electron chi connectivity index (χ3n) is 4.58. The Labute approximate surface area is 110 Å². The SMILES string of the molecule is CC(CCC(=O)O)N1CC2CCCCN2CC1C. The molecule has 2 fully saturated rings. The maximum Gasteiger partial charge on any atom is 0.303 e. The molecule has 4 nitrogen and oxygen atoms in total. The summed E-state index contributed by atoms with van der Waals surface area (Å²) >= 11 is 0. The summed E-state index contributed by atoms with van der Waals surface area (Å²) < 4.78 is 0. The van der Waals surface area contributed by atoms with E-state index < -0.39 is 5.97 Å². The molecule has 1 N–H and O–H groups in total. The Bertz CT molecular complexity index is 296. The molecular weight excluding hydrogens is 228 g/mol. The van der Waals surface area contributed by atoms with Gasteiger partial charge in [0.2, 0.25) is 0 Å². The van der Waals surface area contributed by atoms with E-state index in [-0.39, 0.29) is 0 Å². The first-order valence-electron chi connectivity index (χ1n) is 7.29. The first-order chi connectivity index (χ1) is 8.58. The maximum atomic E-state index is 10.7. The standard InChI is InChI=1S/C14H26N2O2/c1-11(6-7-14(17)18)16-10-13-5-3-4-8-15(13)9-12(16)2/h11-13H,3-10H2,1-2H3,(H,17,18). The van der Waals surface area contributed by atoms with Crippen LogP contribution in [0.2, 0.25) is 0 Å². The Morgan fingerprint density at radius 1 is 1.39 bits per heavy atom. The van der Waals surface area contributed by atoms with Crippen LogP contribution in [-0.2, 0) is 4.79 Å². The Kier molecular flexibility index (Phi) is 4.62. The van der Waals surface area contributed by atoms with E-state index in [2.05, 4.69) is 23.6 Å².